The Hall–Kier alpha value is -4.35. The molecule has 0 spiro atoms. The first-order valence-electron chi connectivity index (χ1n) is 16.2. The van der Waals surface area contributed by atoms with Gasteiger partial charge in [0.25, 0.3) is 5.91 Å². The lowest BCUT2D eigenvalue weighted by atomic mass is 9.90. The first-order valence-corrected chi connectivity index (χ1v) is 16.2. The van der Waals surface area contributed by atoms with Crippen LogP contribution in [0.5, 0.6) is 17.2 Å². The number of amides is 3. The topological polar surface area (TPSA) is 137 Å². The van der Waals surface area contributed by atoms with Crippen LogP contribution < -0.4 is 20.5 Å². The number of piperidine rings is 1. The molecule has 3 N–H and O–H groups in total. The Kier molecular flexibility index (Phi) is 10.6. The second-order valence-electron chi connectivity index (χ2n) is 13.3. The van der Waals surface area contributed by atoms with Gasteiger partial charge >= 0.3 is 0 Å². The molecular weight excluding hydrogens is 600 g/mol. The summed E-state index contributed by atoms with van der Waals surface area (Å²) in [5.74, 6) is 1.71. The average Bonchev–Trinajstić information content (AvgIpc) is 3.47. The molecule has 0 unspecified atom stereocenters. The van der Waals surface area contributed by atoms with Gasteiger partial charge in [0, 0.05) is 43.6 Å². The number of aryl methyl sites for hydroxylation is 1. The van der Waals surface area contributed by atoms with E-state index in [1.807, 2.05) is 70.2 Å². The Labute approximate surface area is 276 Å². The number of likely N-dealkylation sites (N-methyl/N-ethyl adjacent to an activating group) is 1. The van der Waals surface area contributed by atoms with Gasteiger partial charge in [-0.15, -0.1) is 0 Å². The van der Waals surface area contributed by atoms with Gasteiger partial charge in [-0.1, -0.05) is 39.0 Å². The lowest BCUT2D eigenvalue weighted by Gasteiger charge is -2.39. The van der Waals surface area contributed by atoms with E-state index < -0.39 is 5.91 Å². The number of nitrogens with zero attached hydrogens (tertiary/aromatic N) is 2. The largest absolute Gasteiger partial charge is 0.493 e. The van der Waals surface area contributed by atoms with E-state index in [0.717, 1.165) is 22.5 Å². The van der Waals surface area contributed by atoms with Crippen LogP contribution in [-0.4, -0.2) is 73.0 Å². The number of carbonyl (C=O) groups excluding carboxylic acids is 3. The minimum absolute atomic E-state index is 0.0266. The number of likely N-dealkylation sites (tertiary alicyclic amines) is 1. The van der Waals surface area contributed by atoms with E-state index in [2.05, 4.69) is 10.2 Å². The second kappa shape index (κ2) is 14.6. The summed E-state index contributed by atoms with van der Waals surface area (Å²) < 4.78 is 24.3. The molecular formula is C36H46N4O7. The van der Waals surface area contributed by atoms with Gasteiger partial charge < -0.3 is 34.6 Å². The number of furan rings is 1. The summed E-state index contributed by atoms with van der Waals surface area (Å²) in [6, 6.07) is 14.8. The van der Waals surface area contributed by atoms with Gasteiger partial charge in [0.15, 0.2) is 17.3 Å². The van der Waals surface area contributed by atoms with Crippen molar-refractivity contribution >= 4 is 17.7 Å². The minimum atomic E-state index is -0.604. The number of methoxy groups -OCH3 is 1. The van der Waals surface area contributed by atoms with Crippen LogP contribution in [0.4, 0.5) is 0 Å². The van der Waals surface area contributed by atoms with Crippen molar-refractivity contribution in [2.75, 3.05) is 33.3 Å². The molecule has 5 rings (SSSR count). The van der Waals surface area contributed by atoms with Crippen molar-refractivity contribution in [3.05, 3.63) is 76.7 Å². The highest BCUT2D eigenvalue weighted by molar-refractivity contribution is 5.90. The fraction of sp³-hybridized carbons (Fsp3) is 0.472. The van der Waals surface area contributed by atoms with Gasteiger partial charge in [-0.2, -0.15) is 0 Å². The zero-order valence-electron chi connectivity index (χ0n) is 28.0. The van der Waals surface area contributed by atoms with Crippen LogP contribution in [0.2, 0.25) is 0 Å². The highest BCUT2D eigenvalue weighted by Crippen LogP contribution is 2.34. The van der Waals surface area contributed by atoms with Crippen molar-refractivity contribution in [2.45, 2.75) is 77.7 Å². The number of carbonyl (C=O) groups is 3. The van der Waals surface area contributed by atoms with Crippen LogP contribution in [0.1, 0.15) is 73.5 Å². The smallest absolute Gasteiger partial charge is 0.284 e. The standard InChI is InChI=1S/C36H46N4O7/c1-6-40-21-32(41)38-27-14-15-39(19-25-18-30(35(37)43)47-34(25)36(2,3)4)20-31(27)45-22-24-8-7-9-26(16-24)46-29-17-23(11-13-33(40)42)10-12-28(29)44-5/h7-10,12,16-18,27,31H,6,11,13-15,19-22H2,1-5H3,(H2,37,43)(H,38,41)/t27-,31-/m0/s1. The molecule has 1 aromatic heterocycles. The predicted molar refractivity (Wildman–Crippen MR) is 176 cm³/mol. The maximum Gasteiger partial charge on any atom is 0.284 e. The van der Waals surface area contributed by atoms with Crippen molar-refractivity contribution in [1.29, 1.82) is 0 Å². The molecule has 3 amide bonds. The summed E-state index contributed by atoms with van der Waals surface area (Å²) in [6.45, 7) is 10.4. The van der Waals surface area contributed by atoms with Gasteiger partial charge in [-0.3, -0.25) is 19.3 Å². The Bertz CT molecular complexity index is 1590. The van der Waals surface area contributed by atoms with Crippen LogP contribution in [0, 0.1) is 0 Å². The van der Waals surface area contributed by atoms with E-state index in [4.69, 9.17) is 24.4 Å². The molecule has 2 atom stereocenters. The molecule has 11 heteroatoms. The molecule has 4 bridgehead atoms. The van der Waals surface area contributed by atoms with Crippen molar-refractivity contribution < 1.29 is 33.0 Å². The van der Waals surface area contributed by atoms with E-state index in [0.29, 0.717) is 62.9 Å². The Morgan fingerprint density at radius 2 is 1.89 bits per heavy atom. The number of nitrogens with two attached hydrogens (primary N) is 1. The van der Waals surface area contributed by atoms with E-state index in [1.54, 1.807) is 18.1 Å². The van der Waals surface area contributed by atoms with E-state index in [1.165, 1.54) is 0 Å². The van der Waals surface area contributed by atoms with Gasteiger partial charge in [-0.05, 0) is 61.2 Å². The summed E-state index contributed by atoms with van der Waals surface area (Å²) in [7, 11) is 1.59. The highest BCUT2D eigenvalue weighted by atomic mass is 16.5. The minimum Gasteiger partial charge on any atom is -0.493 e. The number of rotatable bonds is 5. The van der Waals surface area contributed by atoms with Crippen molar-refractivity contribution in [3.8, 4) is 17.2 Å². The number of fused-ring (bicyclic) bond motifs is 5. The molecule has 0 radical (unpaired) electrons. The quantitative estimate of drug-likeness (QED) is 0.412. The van der Waals surface area contributed by atoms with Crippen LogP contribution in [-0.2, 0) is 39.3 Å². The fourth-order valence-electron chi connectivity index (χ4n) is 6.20. The van der Waals surface area contributed by atoms with Crippen molar-refractivity contribution in [1.82, 2.24) is 15.1 Å². The molecule has 3 aromatic rings. The van der Waals surface area contributed by atoms with Crippen molar-refractivity contribution in [2.24, 2.45) is 5.73 Å². The highest BCUT2D eigenvalue weighted by Gasteiger charge is 2.34. The zero-order chi connectivity index (χ0) is 33.7. The Morgan fingerprint density at radius 3 is 2.62 bits per heavy atom. The molecule has 1 fully saturated rings. The molecule has 0 saturated carbocycles. The monoisotopic (exact) mass is 646 g/mol. The summed E-state index contributed by atoms with van der Waals surface area (Å²) >= 11 is 0. The predicted octanol–water partition coefficient (Wildman–Crippen LogP) is 4.55. The number of primary amides is 1. The average molecular weight is 647 g/mol. The van der Waals surface area contributed by atoms with E-state index in [9.17, 15) is 14.4 Å². The van der Waals surface area contributed by atoms with Crippen LogP contribution >= 0.6 is 0 Å². The van der Waals surface area contributed by atoms with Crippen molar-refractivity contribution in [3.63, 3.8) is 0 Å². The molecule has 252 valence electrons. The number of hydrogen-bond acceptors (Lipinski definition) is 8. The number of benzene rings is 2. The Morgan fingerprint density at radius 1 is 1.09 bits per heavy atom. The second-order valence-corrected chi connectivity index (χ2v) is 13.3. The fourth-order valence-corrected chi connectivity index (χ4v) is 6.20. The first kappa shape index (κ1) is 34.0. The summed E-state index contributed by atoms with van der Waals surface area (Å²) in [4.78, 5) is 42.3. The normalized spacial score (nSPS) is 20.0. The summed E-state index contributed by atoms with van der Waals surface area (Å²) in [6.07, 6.45) is 1.05. The third-order valence-electron chi connectivity index (χ3n) is 8.63. The van der Waals surface area contributed by atoms with Gasteiger partial charge in [-0.25, -0.2) is 0 Å². The maximum absolute atomic E-state index is 13.3. The first-order chi connectivity index (χ1) is 22.4. The maximum atomic E-state index is 13.3. The number of nitrogens with one attached hydrogen (secondary N) is 1. The molecule has 0 aliphatic carbocycles. The van der Waals surface area contributed by atoms with E-state index in [-0.39, 0.29) is 48.1 Å². The SMILES string of the molecule is CCN1CC(=O)N[C@H]2CCN(Cc3cc(C(N)=O)oc3C(C)(C)C)C[C@@H]2OCc2cccc(c2)Oc2cc(ccc2OC)CCC1=O. The summed E-state index contributed by atoms with van der Waals surface area (Å²) in [5.41, 5.74) is 7.97. The lowest BCUT2D eigenvalue weighted by molar-refractivity contribution is -0.136. The van der Waals surface area contributed by atoms with Crippen LogP contribution in [0.3, 0.4) is 0 Å². The van der Waals surface area contributed by atoms with Crippen LogP contribution in [0.15, 0.2) is 52.9 Å². The molecule has 1 saturated heterocycles. The molecule has 2 aliphatic heterocycles. The lowest BCUT2D eigenvalue weighted by Crippen LogP contribution is -2.56. The van der Waals surface area contributed by atoms with Crippen LogP contribution in [0.25, 0.3) is 0 Å². The third kappa shape index (κ3) is 8.52. The Balaban J connectivity index is 1.41. The van der Waals surface area contributed by atoms with Gasteiger partial charge in [0.05, 0.1) is 32.4 Å². The molecule has 2 aliphatic rings. The molecule has 11 nitrogen and oxygen atoms in total. The number of ether oxygens (including phenoxy) is 3. The molecule has 47 heavy (non-hydrogen) atoms. The number of hydrogen-bond donors (Lipinski definition) is 2. The van der Waals surface area contributed by atoms with E-state index >= 15 is 0 Å². The van der Waals surface area contributed by atoms with Gasteiger partial charge in [0.2, 0.25) is 11.8 Å². The summed E-state index contributed by atoms with van der Waals surface area (Å²) in [5, 5.41) is 3.17. The molecule has 2 aromatic carbocycles. The molecule has 3 heterocycles. The van der Waals surface area contributed by atoms with Gasteiger partial charge in [0.1, 0.15) is 11.5 Å². The third-order valence-corrected chi connectivity index (χ3v) is 8.63. The zero-order valence-corrected chi connectivity index (χ0v) is 28.0.